The normalized spacial score (nSPS) is 20.8. The maximum absolute atomic E-state index is 12.7. The highest BCUT2D eigenvalue weighted by atomic mass is 16.6. The lowest BCUT2D eigenvalue weighted by Gasteiger charge is -2.44. The number of carbonyl (C=O) groups excluding carboxylic acids is 2. The Morgan fingerprint density at radius 1 is 1.17 bits per heavy atom. The van der Waals surface area contributed by atoms with Crippen LogP contribution in [0, 0.1) is 16.0 Å². The quantitative estimate of drug-likeness (QED) is 0.378. The summed E-state index contributed by atoms with van der Waals surface area (Å²) in [6, 6.07) is 2.56. The monoisotopic (exact) mass is 420 g/mol. The fourth-order valence-corrected chi connectivity index (χ4v) is 4.51. The molecule has 0 unspecified atom stereocenters. The number of nitrogens with zero attached hydrogens (tertiary/aromatic N) is 2. The summed E-state index contributed by atoms with van der Waals surface area (Å²) < 4.78 is 15.7. The third-order valence-corrected chi connectivity index (χ3v) is 5.89. The van der Waals surface area contributed by atoms with Gasteiger partial charge in [-0.05, 0) is 38.5 Å². The van der Waals surface area contributed by atoms with Crippen LogP contribution in [0.25, 0.3) is 0 Å². The highest BCUT2D eigenvalue weighted by molar-refractivity contribution is 5.96. The number of piperidine rings is 1. The molecule has 1 amide bonds. The van der Waals surface area contributed by atoms with E-state index in [4.69, 9.17) is 14.2 Å². The number of benzene rings is 1. The van der Waals surface area contributed by atoms with E-state index in [-0.39, 0.29) is 29.0 Å². The van der Waals surface area contributed by atoms with Gasteiger partial charge in [-0.25, -0.2) is 4.79 Å². The van der Waals surface area contributed by atoms with Crippen LogP contribution in [0.1, 0.15) is 55.8 Å². The second-order valence-electron chi connectivity index (χ2n) is 7.63. The molecular weight excluding hydrogens is 392 g/mol. The molecule has 1 heterocycles. The van der Waals surface area contributed by atoms with Crippen molar-refractivity contribution in [1.82, 2.24) is 4.90 Å². The molecule has 0 aromatic heterocycles. The van der Waals surface area contributed by atoms with Crippen LogP contribution in [-0.4, -0.2) is 54.6 Å². The molecule has 2 atom stereocenters. The lowest BCUT2D eigenvalue weighted by Crippen LogP contribution is -2.50. The second kappa shape index (κ2) is 9.77. The van der Waals surface area contributed by atoms with E-state index in [1.807, 2.05) is 4.90 Å². The number of methoxy groups -OCH3 is 1. The van der Waals surface area contributed by atoms with Crippen molar-refractivity contribution in [3.63, 3.8) is 0 Å². The van der Waals surface area contributed by atoms with Gasteiger partial charge in [0.15, 0.2) is 18.1 Å². The summed E-state index contributed by atoms with van der Waals surface area (Å²) in [4.78, 5) is 37.9. The van der Waals surface area contributed by atoms with Crippen molar-refractivity contribution in [2.45, 2.75) is 51.5 Å². The molecule has 0 N–H and O–H groups in total. The summed E-state index contributed by atoms with van der Waals surface area (Å²) in [5.74, 6) is -0.321. The third kappa shape index (κ3) is 4.66. The van der Waals surface area contributed by atoms with Crippen molar-refractivity contribution in [2.75, 3.05) is 26.9 Å². The van der Waals surface area contributed by atoms with Crippen LogP contribution in [-0.2, 0) is 9.53 Å². The molecule has 9 nitrogen and oxygen atoms in total. The zero-order chi connectivity index (χ0) is 21.7. The van der Waals surface area contributed by atoms with Gasteiger partial charge in [0, 0.05) is 18.7 Å². The molecule has 9 heteroatoms. The minimum Gasteiger partial charge on any atom is -0.493 e. The highest BCUT2D eigenvalue weighted by Gasteiger charge is 2.36. The van der Waals surface area contributed by atoms with Crippen LogP contribution < -0.4 is 9.47 Å². The van der Waals surface area contributed by atoms with Gasteiger partial charge >= 0.3 is 5.97 Å². The number of hydrogen-bond acceptors (Lipinski definition) is 7. The Labute approximate surface area is 175 Å². The molecule has 2 fully saturated rings. The second-order valence-corrected chi connectivity index (χ2v) is 7.63. The van der Waals surface area contributed by atoms with Gasteiger partial charge in [0.2, 0.25) is 0 Å². The average molecular weight is 420 g/mol. The summed E-state index contributed by atoms with van der Waals surface area (Å²) in [5, 5.41) is 11.4. The first-order chi connectivity index (χ1) is 14.5. The minimum absolute atomic E-state index is 0.146. The Morgan fingerprint density at radius 2 is 1.90 bits per heavy atom. The van der Waals surface area contributed by atoms with Gasteiger partial charge in [0.1, 0.15) is 5.56 Å². The first-order valence-corrected chi connectivity index (χ1v) is 10.4. The predicted octanol–water partition coefficient (Wildman–Crippen LogP) is 3.34. The van der Waals surface area contributed by atoms with Crippen LogP contribution in [0.4, 0.5) is 5.69 Å². The first kappa shape index (κ1) is 21.9. The topological polar surface area (TPSA) is 108 Å². The number of rotatable bonds is 7. The number of esters is 1. The molecule has 1 saturated carbocycles. The van der Waals surface area contributed by atoms with Gasteiger partial charge in [-0.3, -0.25) is 14.9 Å². The van der Waals surface area contributed by atoms with Crippen molar-refractivity contribution in [2.24, 2.45) is 5.92 Å². The lowest BCUT2D eigenvalue weighted by molar-refractivity contribution is -0.385. The van der Waals surface area contributed by atoms with E-state index in [0.717, 1.165) is 38.2 Å². The molecule has 0 spiro atoms. The Kier molecular flexibility index (Phi) is 7.12. The summed E-state index contributed by atoms with van der Waals surface area (Å²) in [5.41, 5.74) is -0.732. The molecule has 3 rings (SSSR count). The fraction of sp³-hybridized carbons (Fsp3) is 0.619. The van der Waals surface area contributed by atoms with E-state index in [1.54, 1.807) is 6.92 Å². The van der Waals surface area contributed by atoms with E-state index < -0.39 is 23.2 Å². The SMILES string of the molecule is CCOc1cc(C(=O)OCC(=O)N2CCC[C@@H]3CCCC[C@@H]32)c([N+](=O)[O-])cc1OC. The maximum Gasteiger partial charge on any atom is 0.345 e. The van der Waals surface area contributed by atoms with Crippen LogP contribution in [0.15, 0.2) is 12.1 Å². The number of nitro groups is 1. The van der Waals surface area contributed by atoms with Crippen molar-refractivity contribution in [3.8, 4) is 11.5 Å². The summed E-state index contributed by atoms with van der Waals surface area (Å²) in [7, 11) is 1.36. The smallest absolute Gasteiger partial charge is 0.345 e. The molecular formula is C21H28N2O7. The molecule has 1 aliphatic carbocycles. The van der Waals surface area contributed by atoms with Crippen LogP contribution in [0.5, 0.6) is 11.5 Å². The lowest BCUT2D eigenvalue weighted by atomic mass is 9.78. The average Bonchev–Trinajstić information content (AvgIpc) is 2.76. The van der Waals surface area contributed by atoms with Gasteiger partial charge < -0.3 is 19.1 Å². The zero-order valence-electron chi connectivity index (χ0n) is 17.4. The van der Waals surface area contributed by atoms with Gasteiger partial charge in [-0.1, -0.05) is 12.8 Å². The molecule has 1 aromatic rings. The number of nitro benzene ring substituents is 1. The van der Waals surface area contributed by atoms with Crippen molar-refractivity contribution in [3.05, 3.63) is 27.8 Å². The van der Waals surface area contributed by atoms with Crippen molar-refractivity contribution >= 4 is 17.6 Å². The minimum atomic E-state index is -0.934. The van der Waals surface area contributed by atoms with E-state index in [9.17, 15) is 19.7 Å². The molecule has 0 bridgehead atoms. The molecule has 1 aromatic carbocycles. The van der Waals surface area contributed by atoms with Crippen molar-refractivity contribution < 1.29 is 28.7 Å². The highest BCUT2D eigenvalue weighted by Crippen LogP contribution is 2.36. The number of amides is 1. The third-order valence-electron chi connectivity index (χ3n) is 5.89. The molecule has 1 aliphatic heterocycles. The van der Waals surface area contributed by atoms with Gasteiger partial charge in [-0.15, -0.1) is 0 Å². The van der Waals surface area contributed by atoms with Gasteiger partial charge in [0.05, 0.1) is 24.7 Å². The number of fused-ring (bicyclic) bond motifs is 1. The fourth-order valence-electron chi connectivity index (χ4n) is 4.51. The van der Waals surface area contributed by atoms with E-state index in [0.29, 0.717) is 19.1 Å². The van der Waals surface area contributed by atoms with Crippen molar-refractivity contribution in [1.29, 1.82) is 0 Å². The Hall–Kier alpha value is -2.84. The van der Waals surface area contributed by atoms with E-state index in [2.05, 4.69) is 0 Å². The molecule has 1 saturated heterocycles. The number of ether oxygens (including phenoxy) is 3. The summed E-state index contributed by atoms with van der Waals surface area (Å²) in [6.45, 7) is 2.26. The number of likely N-dealkylation sites (tertiary alicyclic amines) is 1. The molecule has 0 radical (unpaired) electrons. The number of hydrogen-bond donors (Lipinski definition) is 0. The first-order valence-electron chi connectivity index (χ1n) is 10.4. The van der Waals surface area contributed by atoms with Crippen LogP contribution >= 0.6 is 0 Å². The van der Waals surface area contributed by atoms with Gasteiger partial charge in [-0.2, -0.15) is 0 Å². The van der Waals surface area contributed by atoms with Crippen LogP contribution in [0.2, 0.25) is 0 Å². The summed E-state index contributed by atoms with van der Waals surface area (Å²) in [6.07, 6.45) is 6.48. The Bertz CT molecular complexity index is 809. The van der Waals surface area contributed by atoms with E-state index in [1.165, 1.54) is 19.6 Å². The Balaban J connectivity index is 1.72. The van der Waals surface area contributed by atoms with Crippen LogP contribution in [0.3, 0.4) is 0 Å². The van der Waals surface area contributed by atoms with E-state index >= 15 is 0 Å². The molecule has 30 heavy (non-hydrogen) atoms. The zero-order valence-corrected chi connectivity index (χ0v) is 17.4. The Morgan fingerprint density at radius 3 is 2.60 bits per heavy atom. The molecule has 2 aliphatic rings. The van der Waals surface area contributed by atoms with Gasteiger partial charge in [0.25, 0.3) is 11.6 Å². The standard InChI is InChI=1S/C21H28N2O7/c1-3-29-19-11-15(17(23(26)27)12-18(19)28-2)21(25)30-13-20(24)22-10-6-8-14-7-4-5-9-16(14)22/h11-12,14,16H,3-10,13H2,1-2H3/t14-,16-/m0/s1. The molecule has 164 valence electrons. The maximum atomic E-state index is 12.7. The summed E-state index contributed by atoms with van der Waals surface area (Å²) >= 11 is 0. The predicted molar refractivity (Wildman–Crippen MR) is 108 cm³/mol. The largest absolute Gasteiger partial charge is 0.493 e. The number of carbonyl (C=O) groups is 2.